The van der Waals surface area contributed by atoms with Crippen molar-refractivity contribution in [3.63, 3.8) is 0 Å². The van der Waals surface area contributed by atoms with Gasteiger partial charge >= 0.3 is 12.2 Å². The van der Waals surface area contributed by atoms with Crippen LogP contribution >= 0.6 is 0 Å². The Labute approximate surface area is 353 Å². The fraction of sp³-hybridized carbons (Fsp3) is 0.739. The fourth-order valence-corrected chi connectivity index (χ4v) is 6.81. The van der Waals surface area contributed by atoms with Gasteiger partial charge in [0, 0.05) is 36.2 Å². The molecule has 0 bridgehead atoms. The molecule has 0 spiro atoms. The minimum Gasteiger partial charge on any atom is -1.00 e. The molecule has 0 N–H and O–H groups in total. The highest BCUT2D eigenvalue weighted by Gasteiger charge is 2.30. The molecule has 2 heterocycles. The average molecular weight is 880 g/mol. The second-order valence-corrected chi connectivity index (χ2v) is 17.4. The third-order valence-corrected chi connectivity index (χ3v) is 9.71. The Morgan fingerprint density at radius 1 is 0.545 bits per heavy atom. The van der Waals surface area contributed by atoms with Crippen LogP contribution in [0.1, 0.15) is 194 Å². The molecule has 2 amide bonds. The summed E-state index contributed by atoms with van der Waals surface area (Å²) in [5, 5.41) is 11.3. The number of rotatable bonds is 28. The monoisotopic (exact) mass is 879 g/mol. The largest absolute Gasteiger partial charge is 1.00 e. The first kappa shape index (κ1) is 50.6. The van der Waals surface area contributed by atoms with E-state index in [1.807, 2.05) is 6.07 Å². The number of imide groups is 1. The van der Waals surface area contributed by atoms with Crippen LogP contribution in [0.5, 0.6) is 0 Å². The molecule has 55 heavy (non-hydrogen) atoms. The van der Waals surface area contributed by atoms with Crippen LogP contribution in [0.3, 0.4) is 0 Å². The Morgan fingerprint density at radius 3 is 1.33 bits per heavy atom. The van der Waals surface area contributed by atoms with Crippen LogP contribution in [0, 0.1) is 5.21 Å². The quantitative estimate of drug-likeness (QED) is 0.0369. The molecule has 0 aliphatic heterocycles. The molecule has 0 saturated carbocycles. The zero-order valence-electron chi connectivity index (χ0n) is 35.8. The molecule has 0 aliphatic rings. The van der Waals surface area contributed by atoms with Crippen molar-refractivity contribution in [2.24, 2.45) is 0 Å². The van der Waals surface area contributed by atoms with Gasteiger partial charge in [-0.25, -0.2) is 19.1 Å². The van der Waals surface area contributed by atoms with Crippen LogP contribution in [-0.4, -0.2) is 34.8 Å². The highest BCUT2D eigenvalue weighted by molar-refractivity contribution is 5.88. The van der Waals surface area contributed by atoms with Crippen LogP contribution in [0.15, 0.2) is 49.1 Å². The number of hydrogen-bond donors (Lipinski definition) is 0. The minimum absolute atomic E-state index is 0. The van der Waals surface area contributed by atoms with E-state index >= 15 is 0 Å². The van der Waals surface area contributed by atoms with E-state index in [2.05, 4.69) is 35.2 Å². The van der Waals surface area contributed by atoms with Crippen molar-refractivity contribution >= 4 is 12.2 Å². The Morgan fingerprint density at radius 2 is 0.909 bits per heavy atom. The summed E-state index contributed by atoms with van der Waals surface area (Å²) in [4.78, 5) is 26.4. The molecule has 0 fully saturated rings. The average Bonchev–Trinajstić information content (AvgIpc) is 3.09. The number of unbranched alkanes of at least 4 members (excludes halogenated alkanes) is 20. The normalized spacial score (nSPS) is 11.6. The van der Waals surface area contributed by atoms with Gasteiger partial charge in [-0.15, -0.1) is 0 Å². The predicted molar refractivity (Wildman–Crippen MR) is 220 cm³/mol. The lowest BCUT2D eigenvalue weighted by molar-refractivity contribution is -0.697. The number of aryl methyl sites for hydroxylation is 3. The standard InChI is InChI=1S/C46H78N3O5.HI/c1-45(2,3)53-43(50)49(44(51)54-46(4,5)6)38-28-24-20-16-12-8-10-13-17-21-25-31-41-33-29-36-47(39-41)35-27-23-19-15-11-7-9-14-18-22-26-32-42-34-30-37-48(52)40-42;/h29-30,33-34,36-37,39-40H,7-28,31-32,35,38H2,1-6H3;1H/q+1;/p-1. The van der Waals surface area contributed by atoms with Gasteiger partial charge in [0.25, 0.3) is 0 Å². The van der Waals surface area contributed by atoms with Crippen molar-refractivity contribution < 1.29 is 52.3 Å². The van der Waals surface area contributed by atoms with Crippen LogP contribution in [0.2, 0.25) is 0 Å². The second kappa shape index (κ2) is 29.8. The number of hydrogen-bond acceptors (Lipinski definition) is 5. The van der Waals surface area contributed by atoms with Crippen molar-refractivity contribution in [2.75, 3.05) is 6.54 Å². The molecule has 2 rings (SSSR count). The Hall–Kier alpha value is -2.43. The maximum atomic E-state index is 12.6. The summed E-state index contributed by atoms with van der Waals surface area (Å²) in [5.74, 6) is 0. The van der Waals surface area contributed by atoms with Gasteiger partial charge in [-0.2, -0.15) is 4.73 Å². The van der Waals surface area contributed by atoms with Gasteiger partial charge in [-0.3, -0.25) is 0 Å². The fourth-order valence-electron chi connectivity index (χ4n) is 6.81. The van der Waals surface area contributed by atoms with Crippen LogP contribution in [0.25, 0.3) is 0 Å². The topological polar surface area (TPSA) is 86.7 Å². The first-order valence-corrected chi connectivity index (χ1v) is 21.7. The molecular weight excluding hydrogens is 801 g/mol. The van der Waals surface area contributed by atoms with E-state index in [1.54, 1.807) is 53.9 Å². The summed E-state index contributed by atoms with van der Waals surface area (Å²) in [6, 6.07) is 8.40. The summed E-state index contributed by atoms with van der Waals surface area (Å²) in [5.41, 5.74) is 1.29. The molecule has 0 radical (unpaired) electrons. The first-order valence-electron chi connectivity index (χ1n) is 21.7. The van der Waals surface area contributed by atoms with Crippen LogP contribution in [0.4, 0.5) is 9.59 Å². The van der Waals surface area contributed by atoms with E-state index in [-0.39, 0.29) is 24.0 Å². The van der Waals surface area contributed by atoms with Gasteiger partial charge in [0.05, 0.1) is 0 Å². The third kappa shape index (κ3) is 27.8. The van der Waals surface area contributed by atoms with Crippen molar-refractivity contribution in [1.82, 2.24) is 4.90 Å². The number of halogens is 1. The molecule has 2 aromatic heterocycles. The van der Waals surface area contributed by atoms with Crippen LogP contribution in [-0.2, 0) is 28.9 Å². The van der Waals surface area contributed by atoms with Gasteiger partial charge < -0.3 is 38.7 Å². The minimum atomic E-state index is -0.666. The summed E-state index contributed by atoms with van der Waals surface area (Å²) < 4.78 is 14.2. The predicted octanol–water partition coefficient (Wildman–Crippen LogP) is 9.15. The maximum absolute atomic E-state index is 12.6. The lowest BCUT2D eigenvalue weighted by Crippen LogP contribution is -3.00. The van der Waals surface area contributed by atoms with Crippen molar-refractivity contribution in [2.45, 2.75) is 213 Å². The van der Waals surface area contributed by atoms with E-state index in [1.165, 1.54) is 134 Å². The summed E-state index contributed by atoms with van der Waals surface area (Å²) in [6.45, 7) is 12.2. The van der Waals surface area contributed by atoms with E-state index in [9.17, 15) is 14.8 Å². The van der Waals surface area contributed by atoms with Crippen molar-refractivity contribution in [1.29, 1.82) is 0 Å². The van der Waals surface area contributed by atoms with Gasteiger partial charge in [-0.05, 0) is 92.2 Å². The van der Waals surface area contributed by atoms with Crippen molar-refractivity contribution in [3.8, 4) is 0 Å². The number of aromatic nitrogens is 2. The number of amides is 2. The van der Waals surface area contributed by atoms with E-state index in [4.69, 9.17) is 9.47 Å². The number of nitrogens with zero attached hydrogens (tertiary/aromatic N) is 3. The van der Waals surface area contributed by atoms with E-state index in [0.717, 1.165) is 47.4 Å². The zero-order valence-corrected chi connectivity index (χ0v) is 37.9. The Kier molecular flexibility index (Phi) is 27.4. The molecule has 9 heteroatoms. The van der Waals surface area contributed by atoms with Crippen LogP contribution < -0.4 is 33.3 Å². The number of carbonyl (C=O) groups is 2. The molecule has 0 atom stereocenters. The molecule has 2 aromatic rings. The SMILES string of the molecule is CC(C)(C)OC(=O)N(CCCCCCCCCCCCCc1ccc[n+](CCCCCCCCCCCCCc2ccc[n+]([O-])c2)c1)C(=O)OC(C)(C)C.[I-]. The van der Waals surface area contributed by atoms with Gasteiger partial charge in [-0.1, -0.05) is 109 Å². The van der Waals surface area contributed by atoms with E-state index < -0.39 is 23.4 Å². The van der Waals surface area contributed by atoms with Gasteiger partial charge in [0.1, 0.15) is 17.7 Å². The van der Waals surface area contributed by atoms with E-state index in [0.29, 0.717) is 6.54 Å². The third-order valence-electron chi connectivity index (χ3n) is 9.71. The first-order chi connectivity index (χ1) is 25.8. The molecule has 0 aromatic carbocycles. The summed E-state index contributed by atoms with van der Waals surface area (Å²) in [6.07, 6.45) is 36.3. The lowest BCUT2D eigenvalue weighted by Gasteiger charge is -2.28. The Bertz CT molecular complexity index is 1260. The molecule has 314 valence electrons. The molecule has 0 aliphatic carbocycles. The lowest BCUT2D eigenvalue weighted by atomic mass is 10.0. The Balaban J connectivity index is 0.0000151. The van der Waals surface area contributed by atoms with Gasteiger partial charge in [0.2, 0.25) is 0 Å². The number of pyridine rings is 2. The van der Waals surface area contributed by atoms with Gasteiger partial charge in [0.15, 0.2) is 24.8 Å². The molecule has 0 saturated heterocycles. The summed E-state index contributed by atoms with van der Waals surface area (Å²) in [7, 11) is 0. The molecule has 0 unspecified atom stereocenters. The second-order valence-electron chi connectivity index (χ2n) is 17.4. The zero-order chi connectivity index (χ0) is 39.5. The number of ether oxygens (including phenoxy) is 2. The maximum Gasteiger partial charge on any atom is 0.419 e. The molecule has 8 nitrogen and oxygen atoms in total. The highest BCUT2D eigenvalue weighted by Crippen LogP contribution is 2.18. The summed E-state index contributed by atoms with van der Waals surface area (Å²) >= 11 is 0. The highest BCUT2D eigenvalue weighted by atomic mass is 127. The molecular formula is C46H78IN3O5. The smallest absolute Gasteiger partial charge is 0.419 e. The number of carbonyl (C=O) groups excluding carboxylic acids is 2. The van der Waals surface area contributed by atoms with Crippen molar-refractivity contribution in [3.05, 3.63) is 65.4 Å².